The first kappa shape index (κ1) is 11.9. The monoisotopic (exact) mass is 210 g/mol. The molecule has 1 aromatic carbocycles. The van der Waals surface area contributed by atoms with Gasteiger partial charge in [0, 0.05) is 0 Å². The van der Waals surface area contributed by atoms with Gasteiger partial charge in [0.05, 0.1) is 6.10 Å². The fourth-order valence-corrected chi connectivity index (χ4v) is 1.30. The van der Waals surface area contributed by atoms with E-state index in [-0.39, 0.29) is 18.1 Å². The second-order valence-corrected chi connectivity index (χ2v) is 3.82. The SMILES string of the molecule is Cc1cc(OC(C)OC(C)C)ccc1O. The Bertz CT molecular complexity index is 321. The van der Waals surface area contributed by atoms with Crippen LogP contribution in [-0.4, -0.2) is 17.5 Å². The highest BCUT2D eigenvalue weighted by molar-refractivity contribution is 5.38. The predicted octanol–water partition coefficient (Wildman–Crippen LogP) is 2.85. The maximum absolute atomic E-state index is 9.34. The zero-order valence-corrected chi connectivity index (χ0v) is 9.65. The molecule has 0 heterocycles. The summed E-state index contributed by atoms with van der Waals surface area (Å²) in [6.07, 6.45) is -0.146. The Kier molecular flexibility index (Phi) is 3.97. The lowest BCUT2D eigenvalue weighted by Crippen LogP contribution is -2.20. The van der Waals surface area contributed by atoms with Gasteiger partial charge in [0.1, 0.15) is 11.5 Å². The fourth-order valence-electron chi connectivity index (χ4n) is 1.30. The van der Waals surface area contributed by atoms with Crippen LogP contribution < -0.4 is 4.74 Å². The molecule has 3 heteroatoms. The third kappa shape index (κ3) is 3.80. The molecule has 3 nitrogen and oxygen atoms in total. The average Bonchev–Trinajstić information content (AvgIpc) is 2.10. The second kappa shape index (κ2) is 5.03. The number of aryl methyl sites for hydroxylation is 1. The zero-order valence-electron chi connectivity index (χ0n) is 9.65. The molecule has 1 atom stereocenters. The van der Waals surface area contributed by atoms with E-state index in [1.807, 2.05) is 27.7 Å². The van der Waals surface area contributed by atoms with Gasteiger partial charge >= 0.3 is 0 Å². The van der Waals surface area contributed by atoms with E-state index in [0.717, 1.165) is 5.56 Å². The van der Waals surface area contributed by atoms with E-state index in [1.165, 1.54) is 0 Å². The third-order valence-electron chi connectivity index (χ3n) is 1.93. The maximum Gasteiger partial charge on any atom is 0.197 e. The Morgan fingerprint density at radius 2 is 1.87 bits per heavy atom. The molecule has 1 aromatic rings. The summed E-state index contributed by atoms with van der Waals surface area (Å²) in [5, 5.41) is 9.34. The van der Waals surface area contributed by atoms with Crippen LogP contribution in [0.1, 0.15) is 26.3 Å². The lowest BCUT2D eigenvalue weighted by molar-refractivity contribution is -0.0951. The highest BCUT2D eigenvalue weighted by Gasteiger charge is 2.07. The summed E-state index contributed by atoms with van der Waals surface area (Å²) in [6, 6.07) is 5.13. The molecule has 0 saturated heterocycles. The highest BCUT2D eigenvalue weighted by Crippen LogP contribution is 2.22. The van der Waals surface area contributed by atoms with Crippen LogP contribution in [0.3, 0.4) is 0 Å². The Hall–Kier alpha value is -1.22. The summed E-state index contributed by atoms with van der Waals surface area (Å²) in [7, 11) is 0. The number of hydrogen-bond donors (Lipinski definition) is 1. The van der Waals surface area contributed by atoms with Gasteiger partial charge in [-0.05, 0) is 51.5 Å². The molecule has 0 saturated carbocycles. The third-order valence-corrected chi connectivity index (χ3v) is 1.93. The topological polar surface area (TPSA) is 38.7 Å². The van der Waals surface area contributed by atoms with Crippen LogP contribution in [0.2, 0.25) is 0 Å². The largest absolute Gasteiger partial charge is 0.508 e. The van der Waals surface area contributed by atoms with Crippen molar-refractivity contribution in [2.75, 3.05) is 0 Å². The molecule has 0 radical (unpaired) electrons. The number of phenolic OH excluding ortho intramolecular Hbond substituents is 1. The molecule has 1 rings (SSSR count). The van der Waals surface area contributed by atoms with Crippen molar-refractivity contribution in [2.45, 2.75) is 40.1 Å². The Morgan fingerprint density at radius 1 is 1.20 bits per heavy atom. The molecule has 0 aliphatic heterocycles. The summed E-state index contributed by atoms with van der Waals surface area (Å²) in [5.41, 5.74) is 0.796. The molecule has 0 spiro atoms. The van der Waals surface area contributed by atoms with E-state index >= 15 is 0 Å². The van der Waals surface area contributed by atoms with Crippen molar-refractivity contribution in [1.82, 2.24) is 0 Å². The molecule has 84 valence electrons. The van der Waals surface area contributed by atoms with Crippen molar-refractivity contribution >= 4 is 0 Å². The van der Waals surface area contributed by atoms with E-state index in [2.05, 4.69) is 0 Å². The molecule has 1 unspecified atom stereocenters. The number of phenols is 1. The van der Waals surface area contributed by atoms with Crippen molar-refractivity contribution in [3.05, 3.63) is 23.8 Å². The minimum absolute atomic E-state index is 0.137. The molecule has 15 heavy (non-hydrogen) atoms. The van der Waals surface area contributed by atoms with Crippen molar-refractivity contribution in [3.63, 3.8) is 0 Å². The summed E-state index contributed by atoms with van der Waals surface area (Å²) in [4.78, 5) is 0. The van der Waals surface area contributed by atoms with Crippen molar-refractivity contribution < 1.29 is 14.6 Å². The zero-order chi connectivity index (χ0) is 11.4. The van der Waals surface area contributed by atoms with Crippen LogP contribution in [0.25, 0.3) is 0 Å². The van der Waals surface area contributed by atoms with Crippen molar-refractivity contribution in [1.29, 1.82) is 0 Å². The second-order valence-electron chi connectivity index (χ2n) is 3.82. The quantitative estimate of drug-likeness (QED) is 0.776. The van der Waals surface area contributed by atoms with Crippen LogP contribution in [0.15, 0.2) is 18.2 Å². The van der Waals surface area contributed by atoms with Gasteiger partial charge in [0.15, 0.2) is 6.29 Å². The number of benzene rings is 1. The Labute approximate surface area is 90.6 Å². The molecular formula is C12H18O3. The van der Waals surface area contributed by atoms with Gasteiger partial charge in [-0.15, -0.1) is 0 Å². The number of aromatic hydroxyl groups is 1. The molecule has 0 aromatic heterocycles. The van der Waals surface area contributed by atoms with Crippen molar-refractivity contribution in [2.24, 2.45) is 0 Å². The number of rotatable bonds is 4. The summed E-state index contributed by atoms with van der Waals surface area (Å²) >= 11 is 0. The Balaban J connectivity index is 2.60. The van der Waals surface area contributed by atoms with Crippen LogP contribution in [0, 0.1) is 6.92 Å². The van der Waals surface area contributed by atoms with E-state index in [1.54, 1.807) is 18.2 Å². The predicted molar refractivity (Wildman–Crippen MR) is 59.2 cm³/mol. The minimum atomic E-state index is -0.283. The van der Waals surface area contributed by atoms with Gasteiger partial charge < -0.3 is 14.6 Å². The molecule has 0 aliphatic carbocycles. The number of ether oxygens (including phenoxy) is 2. The molecule has 0 bridgehead atoms. The molecule has 0 aliphatic rings. The van der Waals surface area contributed by atoms with Crippen LogP contribution in [0.5, 0.6) is 11.5 Å². The van der Waals surface area contributed by atoms with Crippen LogP contribution >= 0.6 is 0 Å². The number of hydrogen-bond acceptors (Lipinski definition) is 3. The van der Waals surface area contributed by atoms with Crippen LogP contribution in [0.4, 0.5) is 0 Å². The van der Waals surface area contributed by atoms with E-state index in [4.69, 9.17) is 9.47 Å². The maximum atomic E-state index is 9.34. The van der Waals surface area contributed by atoms with E-state index < -0.39 is 0 Å². The van der Waals surface area contributed by atoms with E-state index in [9.17, 15) is 5.11 Å². The summed E-state index contributed by atoms with van der Waals surface area (Å²) in [5.74, 6) is 0.984. The minimum Gasteiger partial charge on any atom is -0.508 e. The normalized spacial score (nSPS) is 12.9. The molecule has 0 amide bonds. The molecule has 1 N–H and O–H groups in total. The summed E-state index contributed by atoms with van der Waals surface area (Å²) in [6.45, 7) is 7.60. The smallest absolute Gasteiger partial charge is 0.197 e. The van der Waals surface area contributed by atoms with Gasteiger partial charge in [-0.3, -0.25) is 0 Å². The summed E-state index contributed by atoms with van der Waals surface area (Å²) < 4.78 is 11.0. The standard InChI is InChI=1S/C12H18O3/c1-8(2)14-10(4)15-11-5-6-12(13)9(3)7-11/h5-8,10,13H,1-4H3. The lowest BCUT2D eigenvalue weighted by atomic mass is 10.2. The lowest BCUT2D eigenvalue weighted by Gasteiger charge is -2.18. The van der Waals surface area contributed by atoms with Crippen LogP contribution in [-0.2, 0) is 4.74 Å². The van der Waals surface area contributed by atoms with Gasteiger partial charge in [-0.1, -0.05) is 0 Å². The average molecular weight is 210 g/mol. The first-order valence-corrected chi connectivity index (χ1v) is 5.10. The van der Waals surface area contributed by atoms with Gasteiger partial charge in [0.2, 0.25) is 0 Å². The van der Waals surface area contributed by atoms with Gasteiger partial charge in [-0.25, -0.2) is 0 Å². The van der Waals surface area contributed by atoms with Gasteiger partial charge in [-0.2, -0.15) is 0 Å². The molecule has 0 fully saturated rings. The Morgan fingerprint density at radius 3 is 2.40 bits per heavy atom. The fraction of sp³-hybridized carbons (Fsp3) is 0.500. The highest BCUT2D eigenvalue weighted by atomic mass is 16.7. The first-order valence-electron chi connectivity index (χ1n) is 5.10. The molecular weight excluding hydrogens is 192 g/mol. The van der Waals surface area contributed by atoms with E-state index in [0.29, 0.717) is 5.75 Å². The first-order chi connectivity index (χ1) is 6.99. The van der Waals surface area contributed by atoms with Crippen molar-refractivity contribution in [3.8, 4) is 11.5 Å². The van der Waals surface area contributed by atoms with Gasteiger partial charge in [0.25, 0.3) is 0 Å².